The molecule has 0 radical (unpaired) electrons. The maximum absolute atomic E-state index is 11.8. The third-order valence-corrected chi connectivity index (χ3v) is 3.01. The fraction of sp³-hybridized carbons (Fsp3) is 0.214. The number of non-ortho nitro benzene ring substituents is 1. The number of aromatic hydroxyl groups is 1. The van der Waals surface area contributed by atoms with Gasteiger partial charge in [-0.05, 0) is 26.0 Å². The number of nitrogens with zero attached hydrogens (tertiary/aromatic N) is 4. The van der Waals surface area contributed by atoms with Crippen molar-refractivity contribution in [3.05, 3.63) is 51.3 Å². The van der Waals surface area contributed by atoms with Crippen LogP contribution in [0.1, 0.15) is 17.0 Å². The van der Waals surface area contributed by atoms with Crippen molar-refractivity contribution < 1.29 is 14.8 Å². The van der Waals surface area contributed by atoms with E-state index >= 15 is 0 Å². The van der Waals surface area contributed by atoms with Crippen molar-refractivity contribution in [2.24, 2.45) is 5.10 Å². The van der Waals surface area contributed by atoms with Crippen LogP contribution in [0, 0.1) is 24.0 Å². The maximum atomic E-state index is 11.8. The van der Waals surface area contributed by atoms with E-state index in [-0.39, 0.29) is 23.5 Å². The lowest BCUT2D eigenvalue weighted by atomic mass is 10.2. The summed E-state index contributed by atoms with van der Waals surface area (Å²) in [6.07, 6.45) is 1.14. The van der Waals surface area contributed by atoms with E-state index in [1.807, 2.05) is 19.9 Å². The molecule has 1 aromatic carbocycles. The van der Waals surface area contributed by atoms with Crippen molar-refractivity contribution >= 4 is 17.8 Å². The number of aromatic nitrogens is 2. The molecule has 0 bridgehead atoms. The van der Waals surface area contributed by atoms with E-state index in [0.717, 1.165) is 23.7 Å². The van der Waals surface area contributed by atoms with Crippen molar-refractivity contribution in [1.29, 1.82) is 0 Å². The molecule has 1 aromatic heterocycles. The highest BCUT2D eigenvalue weighted by Gasteiger charge is 2.09. The molecule has 9 nitrogen and oxygen atoms in total. The SMILES string of the molecule is Cc1cc(C)n(CC(=O)N/N=C\c2cc([N+](=O)[O-])ccc2O)n1. The van der Waals surface area contributed by atoms with Gasteiger partial charge in [0.05, 0.1) is 16.8 Å². The summed E-state index contributed by atoms with van der Waals surface area (Å²) < 4.78 is 1.53. The molecule has 2 N–H and O–H groups in total. The molecule has 0 saturated heterocycles. The Hall–Kier alpha value is -3.23. The largest absolute Gasteiger partial charge is 0.507 e. The molecule has 0 aliphatic carbocycles. The van der Waals surface area contributed by atoms with Gasteiger partial charge in [0.1, 0.15) is 12.3 Å². The lowest BCUT2D eigenvalue weighted by Crippen LogP contribution is -2.24. The van der Waals surface area contributed by atoms with Crippen LogP contribution in [0.2, 0.25) is 0 Å². The summed E-state index contributed by atoms with van der Waals surface area (Å²) >= 11 is 0. The van der Waals surface area contributed by atoms with Crippen LogP contribution in [0.25, 0.3) is 0 Å². The van der Waals surface area contributed by atoms with E-state index in [0.29, 0.717) is 0 Å². The number of carbonyl (C=O) groups is 1. The van der Waals surface area contributed by atoms with E-state index in [1.165, 1.54) is 16.8 Å². The van der Waals surface area contributed by atoms with Gasteiger partial charge in [-0.15, -0.1) is 0 Å². The minimum Gasteiger partial charge on any atom is -0.507 e. The van der Waals surface area contributed by atoms with Crippen molar-refractivity contribution in [3.8, 4) is 5.75 Å². The zero-order valence-electron chi connectivity index (χ0n) is 12.6. The van der Waals surface area contributed by atoms with E-state index in [4.69, 9.17) is 0 Å². The first-order valence-corrected chi connectivity index (χ1v) is 6.67. The Morgan fingerprint density at radius 2 is 2.22 bits per heavy atom. The molecule has 1 heterocycles. The molecule has 0 spiro atoms. The summed E-state index contributed by atoms with van der Waals surface area (Å²) in [5, 5.41) is 28.1. The molecule has 0 fully saturated rings. The van der Waals surface area contributed by atoms with Gasteiger partial charge >= 0.3 is 0 Å². The normalized spacial score (nSPS) is 10.9. The van der Waals surface area contributed by atoms with E-state index in [2.05, 4.69) is 15.6 Å². The van der Waals surface area contributed by atoms with E-state index < -0.39 is 10.8 Å². The number of aryl methyl sites for hydroxylation is 2. The molecule has 0 aliphatic heterocycles. The van der Waals surface area contributed by atoms with Crippen LogP contribution in [-0.4, -0.2) is 31.9 Å². The van der Waals surface area contributed by atoms with Gasteiger partial charge in [0.2, 0.25) is 0 Å². The first kappa shape index (κ1) is 16.1. The van der Waals surface area contributed by atoms with Gasteiger partial charge in [0, 0.05) is 23.4 Å². The fourth-order valence-electron chi connectivity index (χ4n) is 1.94. The third-order valence-electron chi connectivity index (χ3n) is 3.01. The standard InChI is InChI=1S/C14H15N5O4/c1-9-5-10(2)18(17-9)8-14(21)16-15-7-11-6-12(19(22)23)3-4-13(11)20/h3-7,20H,8H2,1-2H3,(H,16,21)/b15-7-. The number of rotatable bonds is 5. The van der Waals surface area contributed by atoms with Gasteiger partial charge < -0.3 is 5.11 Å². The number of phenols is 1. The summed E-state index contributed by atoms with van der Waals surface area (Å²) in [6, 6.07) is 5.37. The molecular formula is C14H15N5O4. The molecule has 2 aromatic rings. The second-order valence-corrected chi connectivity index (χ2v) is 4.88. The first-order valence-electron chi connectivity index (χ1n) is 6.67. The molecule has 0 atom stereocenters. The number of benzene rings is 1. The quantitative estimate of drug-likeness (QED) is 0.488. The number of nitrogens with one attached hydrogen (secondary N) is 1. The molecule has 0 saturated carbocycles. The first-order chi connectivity index (χ1) is 10.9. The average Bonchev–Trinajstić information content (AvgIpc) is 2.78. The Kier molecular flexibility index (Phi) is 4.69. The topological polar surface area (TPSA) is 123 Å². The van der Waals surface area contributed by atoms with Crippen LogP contribution in [0.5, 0.6) is 5.75 Å². The molecule has 23 heavy (non-hydrogen) atoms. The van der Waals surface area contributed by atoms with Crippen LogP contribution < -0.4 is 5.43 Å². The maximum Gasteiger partial charge on any atom is 0.270 e. The Morgan fingerprint density at radius 1 is 1.48 bits per heavy atom. The Morgan fingerprint density at radius 3 is 2.83 bits per heavy atom. The monoisotopic (exact) mass is 317 g/mol. The van der Waals surface area contributed by atoms with Crippen LogP contribution in [0.3, 0.4) is 0 Å². The fourth-order valence-corrected chi connectivity index (χ4v) is 1.94. The molecule has 0 aliphatic rings. The minimum absolute atomic E-state index is 0.00205. The highest BCUT2D eigenvalue weighted by molar-refractivity contribution is 5.85. The number of hydrazone groups is 1. The van der Waals surface area contributed by atoms with Gasteiger partial charge in [-0.3, -0.25) is 19.6 Å². The summed E-state index contributed by atoms with van der Waals surface area (Å²) in [7, 11) is 0. The summed E-state index contributed by atoms with van der Waals surface area (Å²) in [5.41, 5.74) is 3.88. The van der Waals surface area contributed by atoms with Crippen molar-refractivity contribution in [1.82, 2.24) is 15.2 Å². The number of carbonyl (C=O) groups excluding carboxylic acids is 1. The minimum atomic E-state index is -0.585. The molecule has 2 rings (SSSR count). The highest BCUT2D eigenvalue weighted by atomic mass is 16.6. The summed E-state index contributed by atoms with van der Waals surface area (Å²) in [4.78, 5) is 21.9. The van der Waals surface area contributed by atoms with Crippen LogP contribution in [0.4, 0.5) is 5.69 Å². The smallest absolute Gasteiger partial charge is 0.270 e. The number of phenolic OH excluding ortho intramolecular Hbond substituents is 1. The van der Waals surface area contributed by atoms with Crippen LogP contribution in [0.15, 0.2) is 29.4 Å². The van der Waals surface area contributed by atoms with Gasteiger partial charge in [0.25, 0.3) is 11.6 Å². The molecule has 120 valence electrons. The van der Waals surface area contributed by atoms with Crippen LogP contribution >= 0.6 is 0 Å². The number of hydrogen-bond donors (Lipinski definition) is 2. The van der Waals surface area contributed by atoms with Crippen molar-refractivity contribution in [2.45, 2.75) is 20.4 Å². The van der Waals surface area contributed by atoms with Crippen LogP contribution in [-0.2, 0) is 11.3 Å². The van der Waals surface area contributed by atoms with E-state index in [9.17, 15) is 20.0 Å². The molecule has 1 amide bonds. The Labute approximate surface area is 131 Å². The van der Waals surface area contributed by atoms with Gasteiger partial charge in [-0.2, -0.15) is 10.2 Å². The summed E-state index contributed by atoms with van der Waals surface area (Å²) in [5.74, 6) is -0.579. The Bertz CT molecular complexity index is 781. The second-order valence-electron chi connectivity index (χ2n) is 4.88. The van der Waals surface area contributed by atoms with Gasteiger partial charge in [-0.25, -0.2) is 5.43 Å². The molecule has 9 heteroatoms. The number of nitro groups is 1. The number of nitro benzene ring substituents is 1. The zero-order chi connectivity index (χ0) is 17.0. The molecule has 0 unspecified atom stereocenters. The summed E-state index contributed by atoms with van der Waals surface area (Å²) in [6.45, 7) is 3.65. The average molecular weight is 317 g/mol. The third kappa shape index (κ3) is 4.13. The highest BCUT2D eigenvalue weighted by Crippen LogP contribution is 2.21. The van der Waals surface area contributed by atoms with Crippen molar-refractivity contribution in [3.63, 3.8) is 0 Å². The number of hydrogen-bond acceptors (Lipinski definition) is 6. The predicted octanol–water partition coefficient (Wildman–Crippen LogP) is 1.26. The Balaban J connectivity index is 2.01. The molecular weight excluding hydrogens is 302 g/mol. The number of amides is 1. The second kappa shape index (κ2) is 6.69. The van der Waals surface area contributed by atoms with E-state index in [1.54, 1.807) is 0 Å². The lowest BCUT2D eigenvalue weighted by molar-refractivity contribution is -0.384. The predicted molar refractivity (Wildman–Crippen MR) is 82.2 cm³/mol. The van der Waals surface area contributed by atoms with Gasteiger partial charge in [0.15, 0.2) is 0 Å². The lowest BCUT2D eigenvalue weighted by Gasteiger charge is -2.03. The van der Waals surface area contributed by atoms with Gasteiger partial charge in [-0.1, -0.05) is 0 Å². The van der Waals surface area contributed by atoms with Crippen molar-refractivity contribution in [2.75, 3.05) is 0 Å². The zero-order valence-corrected chi connectivity index (χ0v) is 12.6.